The zero-order valence-corrected chi connectivity index (χ0v) is 10.00. The van der Waals surface area contributed by atoms with Gasteiger partial charge in [0.25, 0.3) is 0 Å². The Balaban J connectivity index is 2.09. The first-order valence-electron chi connectivity index (χ1n) is 4.93. The standard InChI is InChI=1S/C9H15ClN2O2S/c10-3-1-8(13)12-9(14)11-5-7-2-4-15-6-7/h7H,1-6H2,(H2,11,12,13,14). The second kappa shape index (κ2) is 6.95. The molecule has 1 atom stereocenters. The molecule has 0 spiro atoms. The molecule has 0 radical (unpaired) electrons. The van der Waals surface area contributed by atoms with Crippen molar-refractivity contribution in [3.63, 3.8) is 0 Å². The number of hydrogen-bond donors (Lipinski definition) is 2. The third-order valence-corrected chi connectivity index (χ3v) is 3.57. The second-order valence-electron chi connectivity index (χ2n) is 3.43. The molecule has 0 aliphatic carbocycles. The molecule has 86 valence electrons. The van der Waals surface area contributed by atoms with Crippen LogP contribution >= 0.6 is 23.4 Å². The van der Waals surface area contributed by atoms with Crippen molar-refractivity contribution in [2.45, 2.75) is 12.8 Å². The maximum absolute atomic E-state index is 11.2. The maximum atomic E-state index is 11.2. The minimum absolute atomic E-state index is 0.175. The van der Waals surface area contributed by atoms with Gasteiger partial charge in [0.2, 0.25) is 5.91 Å². The SMILES string of the molecule is O=C(CCCl)NC(=O)NCC1CCSC1. The number of nitrogens with one attached hydrogen (secondary N) is 2. The van der Waals surface area contributed by atoms with Gasteiger partial charge in [-0.05, 0) is 23.8 Å². The lowest BCUT2D eigenvalue weighted by atomic mass is 10.1. The molecular weight excluding hydrogens is 236 g/mol. The van der Waals surface area contributed by atoms with Gasteiger partial charge < -0.3 is 5.32 Å². The number of thioether (sulfide) groups is 1. The van der Waals surface area contributed by atoms with Crippen molar-refractivity contribution in [1.29, 1.82) is 0 Å². The van der Waals surface area contributed by atoms with E-state index in [1.165, 1.54) is 5.75 Å². The third-order valence-electron chi connectivity index (χ3n) is 2.15. The molecule has 1 heterocycles. The van der Waals surface area contributed by atoms with Gasteiger partial charge in [-0.15, -0.1) is 11.6 Å². The van der Waals surface area contributed by atoms with Crippen molar-refractivity contribution in [3.8, 4) is 0 Å². The van der Waals surface area contributed by atoms with Crippen molar-refractivity contribution in [2.75, 3.05) is 23.9 Å². The van der Waals surface area contributed by atoms with Crippen LogP contribution in [-0.2, 0) is 4.79 Å². The van der Waals surface area contributed by atoms with Gasteiger partial charge >= 0.3 is 6.03 Å². The molecule has 1 rings (SSSR count). The monoisotopic (exact) mass is 250 g/mol. The molecule has 0 aromatic rings. The van der Waals surface area contributed by atoms with Crippen LogP contribution in [0.1, 0.15) is 12.8 Å². The average molecular weight is 251 g/mol. The number of hydrogen-bond acceptors (Lipinski definition) is 3. The van der Waals surface area contributed by atoms with Crippen LogP contribution in [0.4, 0.5) is 4.79 Å². The van der Waals surface area contributed by atoms with E-state index >= 15 is 0 Å². The fourth-order valence-electron chi connectivity index (χ4n) is 1.30. The molecule has 0 aromatic carbocycles. The van der Waals surface area contributed by atoms with Gasteiger partial charge in [-0.1, -0.05) is 0 Å². The largest absolute Gasteiger partial charge is 0.337 e. The Morgan fingerprint density at radius 1 is 1.47 bits per heavy atom. The molecule has 1 aliphatic heterocycles. The van der Waals surface area contributed by atoms with Crippen LogP contribution in [0, 0.1) is 5.92 Å². The summed E-state index contributed by atoms with van der Waals surface area (Å²) in [4.78, 5) is 22.2. The number of alkyl halides is 1. The van der Waals surface area contributed by atoms with Gasteiger partial charge in [0.05, 0.1) is 0 Å². The number of amides is 3. The van der Waals surface area contributed by atoms with Crippen LogP contribution in [-0.4, -0.2) is 35.9 Å². The molecule has 1 fully saturated rings. The Bertz CT molecular complexity index is 232. The predicted molar refractivity (Wildman–Crippen MR) is 62.3 cm³/mol. The molecule has 0 bridgehead atoms. The fourth-order valence-corrected chi connectivity index (χ4v) is 2.76. The van der Waals surface area contributed by atoms with E-state index < -0.39 is 6.03 Å². The van der Waals surface area contributed by atoms with Crippen molar-refractivity contribution in [2.24, 2.45) is 5.92 Å². The van der Waals surface area contributed by atoms with Crippen LogP contribution in [0.3, 0.4) is 0 Å². The van der Waals surface area contributed by atoms with Gasteiger partial charge in [0, 0.05) is 18.8 Å². The Morgan fingerprint density at radius 3 is 2.87 bits per heavy atom. The van der Waals surface area contributed by atoms with Gasteiger partial charge in [-0.3, -0.25) is 10.1 Å². The second-order valence-corrected chi connectivity index (χ2v) is 4.95. The van der Waals surface area contributed by atoms with Crippen LogP contribution in [0.2, 0.25) is 0 Å². The van der Waals surface area contributed by atoms with Gasteiger partial charge in [0.15, 0.2) is 0 Å². The smallest absolute Gasteiger partial charge is 0.321 e. The van der Waals surface area contributed by atoms with Crippen molar-refractivity contribution in [1.82, 2.24) is 10.6 Å². The number of halogens is 1. The quantitative estimate of drug-likeness (QED) is 0.737. The predicted octanol–water partition coefficient (Wildman–Crippen LogP) is 1.19. The normalized spacial score (nSPS) is 19.9. The number of rotatable bonds is 4. The molecular formula is C9H15ClN2O2S. The summed E-state index contributed by atoms with van der Waals surface area (Å²) in [6.07, 6.45) is 1.31. The summed E-state index contributed by atoms with van der Waals surface area (Å²) >= 11 is 7.27. The summed E-state index contributed by atoms with van der Waals surface area (Å²) in [6, 6.07) is -0.415. The zero-order valence-electron chi connectivity index (χ0n) is 8.42. The lowest BCUT2D eigenvalue weighted by Gasteiger charge is -2.10. The summed E-state index contributed by atoms with van der Waals surface area (Å²) in [7, 11) is 0. The highest BCUT2D eigenvalue weighted by atomic mass is 35.5. The van der Waals surface area contributed by atoms with Crippen molar-refractivity contribution >= 4 is 35.3 Å². The minimum atomic E-state index is -0.415. The fraction of sp³-hybridized carbons (Fsp3) is 0.778. The summed E-state index contributed by atoms with van der Waals surface area (Å²) in [5.41, 5.74) is 0. The summed E-state index contributed by atoms with van der Waals surface area (Å²) < 4.78 is 0. The molecule has 15 heavy (non-hydrogen) atoms. The van der Waals surface area contributed by atoms with E-state index in [-0.39, 0.29) is 18.2 Å². The van der Waals surface area contributed by atoms with E-state index in [0.717, 1.165) is 12.2 Å². The molecule has 0 saturated carbocycles. The zero-order chi connectivity index (χ0) is 11.1. The van der Waals surface area contributed by atoms with E-state index in [9.17, 15) is 9.59 Å². The molecule has 1 unspecified atom stereocenters. The van der Waals surface area contributed by atoms with Gasteiger partial charge in [0.1, 0.15) is 0 Å². The van der Waals surface area contributed by atoms with E-state index in [4.69, 9.17) is 11.6 Å². The van der Waals surface area contributed by atoms with E-state index in [2.05, 4.69) is 10.6 Å². The van der Waals surface area contributed by atoms with Gasteiger partial charge in [-0.25, -0.2) is 4.79 Å². The summed E-state index contributed by atoms with van der Waals surface area (Å²) in [5, 5.41) is 4.91. The highest BCUT2D eigenvalue weighted by Gasteiger charge is 2.16. The lowest BCUT2D eigenvalue weighted by molar-refractivity contribution is -0.119. The molecule has 1 saturated heterocycles. The first-order chi connectivity index (χ1) is 7.22. The summed E-state index contributed by atoms with van der Waals surface area (Å²) in [5.74, 6) is 2.71. The highest BCUT2D eigenvalue weighted by molar-refractivity contribution is 7.99. The van der Waals surface area contributed by atoms with E-state index in [0.29, 0.717) is 12.5 Å². The molecule has 2 N–H and O–H groups in total. The minimum Gasteiger partial charge on any atom is -0.337 e. The first-order valence-corrected chi connectivity index (χ1v) is 6.62. The number of urea groups is 1. The Morgan fingerprint density at radius 2 is 2.27 bits per heavy atom. The molecule has 0 aromatic heterocycles. The molecule has 1 aliphatic rings. The van der Waals surface area contributed by atoms with Crippen LogP contribution in [0.5, 0.6) is 0 Å². The van der Waals surface area contributed by atoms with E-state index in [1.54, 1.807) is 0 Å². The molecule has 6 heteroatoms. The summed E-state index contributed by atoms with van der Waals surface area (Å²) in [6.45, 7) is 0.646. The van der Waals surface area contributed by atoms with E-state index in [1.807, 2.05) is 11.8 Å². The Kier molecular flexibility index (Phi) is 5.86. The Labute approximate surface area is 98.5 Å². The number of carbonyl (C=O) groups excluding carboxylic acids is 2. The highest BCUT2D eigenvalue weighted by Crippen LogP contribution is 2.22. The lowest BCUT2D eigenvalue weighted by Crippen LogP contribution is -2.41. The number of carbonyl (C=O) groups is 2. The topological polar surface area (TPSA) is 58.2 Å². The third kappa shape index (κ3) is 5.28. The van der Waals surface area contributed by atoms with Crippen LogP contribution in [0.15, 0.2) is 0 Å². The number of imide groups is 1. The van der Waals surface area contributed by atoms with Crippen molar-refractivity contribution in [3.05, 3.63) is 0 Å². The van der Waals surface area contributed by atoms with Gasteiger partial charge in [-0.2, -0.15) is 11.8 Å². The van der Waals surface area contributed by atoms with Crippen LogP contribution in [0.25, 0.3) is 0 Å². The Hall–Kier alpha value is -0.420. The maximum Gasteiger partial charge on any atom is 0.321 e. The van der Waals surface area contributed by atoms with Crippen LogP contribution < -0.4 is 10.6 Å². The van der Waals surface area contributed by atoms with Crippen molar-refractivity contribution < 1.29 is 9.59 Å². The first kappa shape index (κ1) is 12.6. The average Bonchev–Trinajstić information content (AvgIpc) is 2.67. The molecule has 4 nitrogen and oxygen atoms in total. The molecule has 3 amide bonds.